The Balaban J connectivity index is 1.76. The lowest BCUT2D eigenvalue weighted by atomic mass is 9.92. The molecule has 1 N–H and O–H groups in total. The number of carbonyl (C=O) groups is 1. The highest BCUT2D eigenvalue weighted by molar-refractivity contribution is 5.82. The van der Waals surface area contributed by atoms with Crippen LogP contribution < -0.4 is 0 Å². The summed E-state index contributed by atoms with van der Waals surface area (Å²) in [4.78, 5) is 13.9. The SMILES string of the molecule is CC(C)(C)OC(=O)N1CCC(c2nn(CCO)c3cc(F)ccc23)CC1. The van der Waals surface area contributed by atoms with Crippen LogP contribution in [0.3, 0.4) is 0 Å². The second-order valence-corrected chi connectivity index (χ2v) is 7.74. The smallest absolute Gasteiger partial charge is 0.410 e. The summed E-state index contributed by atoms with van der Waals surface area (Å²) in [6.45, 7) is 7.06. The first-order valence-electron chi connectivity index (χ1n) is 9.03. The Bertz CT molecular complexity index is 789. The molecule has 1 amide bonds. The number of halogens is 1. The van der Waals surface area contributed by atoms with Crippen LogP contribution in [0.1, 0.15) is 45.2 Å². The molecule has 0 atom stereocenters. The van der Waals surface area contributed by atoms with Crippen molar-refractivity contribution in [3.8, 4) is 0 Å². The van der Waals surface area contributed by atoms with Gasteiger partial charge in [0.15, 0.2) is 0 Å². The van der Waals surface area contributed by atoms with Crippen LogP contribution in [-0.2, 0) is 11.3 Å². The van der Waals surface area contributed by atoms with E-state index in [1.54, 1.807) is 15.6 Å². The van der Waals surface area contributed by atoms with Gasteiger partial charge in [-0.3, -0.25) is 4.68 Å². The number of aliphatic hydroxyl groups is 1. The maximum absolute atomic E-state index is 13.6. The Kier molecular flexibility index (Phi) is 5.18. The number of piperidine rings is 1. The summed E-state index contributed by atoms with van der Waals surface area (Å²) in [6.07, 6.45) is 1.28. The predicted octanol–water partition coefficient (Wildman–Crippen LogP) is 3.28. The Hall–Kier alpha value is -2.15. The van der Waals surface area contributed by atoms with Gasteiger partial charge < -0.3 is 14.7 Å². The minimum Gasteiger partial charge on any atom is -0.444 e. The number of aromatic nitrogens is 2. The number of aliphatic hydroxyl groups excluding tert-OH is 1. The van der Waals surface area contributed by atoms with E-state index in [2.05, 4.69) is 5.10 Å². The van der Waals surface area contributed by atoms with Crippen LogP contribution in [0.4, 0.5) is 9.18 Å². The zero-order chi connectivity index (χ0) is 18.9. The molecule has 0 unspecified atom stereocenters. The molecular weight excluding hydrogens is 337 g/mol. The van der Waals surface area contributed by atoms with Crippen LogP contribution in [0, 0.1) is 5.82 Å². The number of fused-ring (bicyclic) bond motifs is 1. The zero-order valence-electron chi connectivity index (χ0n) is 15.5. The minimum absolute atomic E-state index is 0.0518. The summed E-state index contributed by atoms with van der Waals surface area (Å²) in [5.74, 6) is -0.121. The normalized spacial score (nSPS) is 16.3. The molecule has 1 fully saturated rings. The number of ether oxygens (including phenoxy) is 1. The molecule has 1 saturated heterocycles. The standard InChI is InChI=1S/C19H26FN3O3/c1-19(2,3)26-18(25)22-8-6-13(7-9-22)17-15-5-4-14(20)12-16(15)23(21-17)10-11-24/h4-5,12-13,24H,6-11H2,1-3H3. The number of carbonyl (C=O) groups excluding carboxylic acids is 1. The largest absolute Gasteiger partial charge is 0.444 e. The third-order valence-corrected chi connectivity index (χ3v) is 4.59. The number of hydrogen-bond acceptors (Lipinski definition) is 4. The van der Waals surface area contributed by atoms with Crippen molar-refractivity contribution in [2.24, 2.45) is 0 Å². The van der Waals surface area contributed by atoms with E-state index in [4.69, 9.17) is 4.74 Å². The molecule has 2 aromatic rings. The van der Waals surface area contributed by atoms with E-state index < -0.39 is 5.60 Å². The van der Waals surface area contributed by atoms with Gasteiger partial charge in [-0.2, -0.15) is 5.10 Å². The summed E-state index contributed by atoms with van der Waals surface area (Å²) < 4.78 is 20.7. The highest BCUT2D eigenvalue weighted by Gasteiger charge is 2.29. The molecular formula is C19H26FN3O3. The fourth-order valence-electron chi connectivity index (χ4n) is 3.40. The van der Waals surface area contributed by atoms with E-state index in [0.29, 0.717) is 25.2 Å². The van der Waals surface area contributed by atoms with Crippen LogP contribution in [0.2, 0.25) is 0 Å². The molecule has 0 saturated carbocycles. The lowest BCUT2D eigenvalue weighted by Crippen LogP contribution is -2.41. The van der Waals surface area contributed by atoms with Gasteiger partial charge in [0, 0.05) is 24.4 Å². The lowest BCUT2D eigenvalue weighted by Gasteiger charge is -2.33. The average Bonchev–Trinajstić information content (AvgIpc) is 2.92. The Morgan fingerprint density at radius 1 is 1.35 bits per heavy atom. The quantitative estimate of drug-likeness (QED) is 0.909. The summed E-state index contributed by atoms with van der Waals surface area (Å²) >= 11 is 0. The van der Waals surface area contributed by atoms with Gasteiger partial charge in [-0.1, -0.05) is 0 Å². The molecule has 26 heavy (non-hydrogen) atoms. The topological polar surface area (TPSA) is 67.6 Å². The number of nitrogens with zero attached hydrogens (tertiary/aromatic N) is 3. The summed E-state index contributed by atoms with van der Waals surface area (Å²) in [5.41, 5.74) is 1.11. The molecule has 7 heteroatoms. The van der Waals surface area contributed by atoms with E-state index in [9.17, 15) is 14.3 Å². The number of hydrogen-bond donors (Lipinski definition) is 1. The van der Waals surface area contributed by atoms with Crippen molar-refractivity contribution >= 4 is 17.0 Å². The minimum atomic E-state index is -0.503. The molecule has 1 aliphatic rings. The van der Waals surface area contributed by atoms with Crippen molar-refractivity contribution in [3.63, 3.8) is 0 Å². The van der Waals surface area contributed by atoms with Gasteiger partial charge in [-0.25, -0.2) is 9.18 Å². The van der Waals surface area contributed by atoms with Crippen molar-refractivity contribution in [2.45, 2.75) is 51.7 Å². The van der Waals surface area contributed by atoms with E-state index in [0.717, 1.165) is 23.9 Å². The van der Waals surface area contributed by atoms with Gasteiger partial charge in [0.2, 0.25) is 0 Å². The Labute approximate surface area is 152 Å². The first-order valence-corrected chi connectivity index (χ1v) is 9.03. The fourth-order valence-corrected chi connectivity index (χ4v) is 3.40. The fraction of sp³-hybridized carbons (Fsp3) is 0.579. The zero-order valence-corrected chi connectivity index (χ0v) is 15.5. The van der Waals surface area contributed by atoms with E-state index in [1.807, 2.05) is 20.8 Å². The lowest BCUT2D eigenvalue weighted by molar-refractivity contribution is 0.0204. The first-order chi connectivity index (χ1) is 12.3. The van der Waals surface area contributed by atoms with E-state index in [-0.39, 0.29) is 24.4 Å². The summed E-state index contributed by atoms with van der Waals surface area (Å²) in [5, 5.41) is 14.8. The maximum atomic E-state index is 13.6. The van der Waals surface area contributed by atoms with Crippen molar-refractivity contribution in [3.05, 3.63) is 29.7 Å². The van der Waals surface area contributed by atoms with Crippen LogP contribution in [0.5, 0.6) is 0 Å². The first kappa shape index (κ1) is 18.6. The number of rotatable bonds is 3. The van der Waals surface area contributed by atoms with Gasteiger partial charge in [0.1, 0.15) is 11.4 Å². The number of amides is 1. The van der Waals surface area contributed by atoms with Crippen LogP contribution >= 0.6 is 0 Å². The molecule has 1 aromatic carbocycles. The van der Waals surface area contributed by atoms with Crippen LogP contribution in [0.15, 0.2) is 18.2 Å². The van der Waals surface area contributed by atoms with Crippen LogP contribution in [-0.4, -0.2) is 51.2 Å². The molecule has 2 heterocycles. The Morgan fingerprint density at radius 2 is 2.04 bits per heavy atom. The molecule has 0 aliphatic carbocycles. The summed E-state index contributed by atoms with van der Waals surface area (Å²) in [7, 11) is 0. The van der Waals surface area contributed by atoms with E-state index >= 15 is 0 Å². The monoisotopic (exact) mass is 363 g/mol. The molecule has 1 aromatic heterocycles. The number of likely N-dealkylation sites (tertiary alicyclic amines) is 1. The molecule has 142 valence electrons. The highest BCUT2D eigenvalue weighted by Crippen LogP contribution is 2.33. The van der Waals surface area contributed by atoms with E-state index in [1.165, 1.54) is 12.1 Å². The van der Waals surface area contributed by atoms with Gasteiger partial charge in [0.25, 0.3) is 0 Å². The van der Waals surface area contributed by atoms with Crippen molar-refractivity contribution in [1.82, 2.24) is 14.7 Å². The molecule has 1 aliphatic heterocycles. The molecule has 0 spiro atoms. The second-order valence-electron chi connectivity index (χ2n) is 7.74. The molecule has 0 radical (unpaired) electrons. The van der Waals surface area contributed by atoms with Crippen molar-refractivity contribution in [2.75, 3.05) is 19.7 Å². The molecule has 6 nitrogen and oxygen atoms in total. The Morgan fingerprint density at radius 3 is 2.65 bits per heavy atom. The number of benzene rings is 1. The third-order valence-electron chi connectivity index (χ3n) is 4.59. The highest BCUT2D eigenvalue weighted by atomic mass is 19.1. The van der Waals surface area contributed by atoms with Gasteiger partial charge in [-0.05, 0) is 51.8 Å². The molecule has 3 rings (SSSR count). The van der Waals surface area contributed by atoms with Crippen molar-refractivity contribution < 1.29 is 19.0 Å². The van der Waals surface area contributed by atoms with Crippen LogP contribution in [0.25, 0.3) is 10.9 Å². The summed E-state index contributed by atoms with van der Waals surface area (Å²) in [6, 6.07) is 4.64. The van der Waals surface area contributed by atoms with Gasteiger partial charge >= 0.3 is 6.09 Å². The van der Waals surface area contributed by atoms with Crippen molar-refractivity contribution in [1.29, 1.82) is 0 Å². The van der Waals surface area contributed by atoms with Gasteiger partial charge in [0.05, 0.1) is 24.4 Å². The third kappa shape index (κ3) is 3.98. The maximum Gasteiger partial charge on any atom is 0.410 e. The van der Waals surface area contributed by atoms with Gasteiger partial charge in [-0.15, -0.1) is 0 Å². The predicted molar refractivity (Wildman–Crippen MR) is 96.6 cm³/mol. The second kappa shape index (κ2) is 7.23. The molecule has 0 bridgehead atoms. The average molecular weight is 363 g/mol.